The van der Waals surface area contributed by atoms with Gasteiger partial charge in [-0.25, -0.2) is 9.79 Å². The maximum atomic E-state index is 12.7. The molecule has 0 aliphatic carbocycles. The van der Waals surface area contributed by atoms with Crippen molar-refractivity contribution in [3.05, 3.63) is 57.5 Å². The van der Waals surface area contributed by atoms with Crippen molar-refractivity contribution in [2.24, 2.45) is 4.99 Å². The minimum atomic E-state index is -0.463. The van der Waals surface area contributed by atoms with E-state index in [1.165, 1.54) is 23.8 Å². The molecule has 2 aromatic rings. The fraction of sp³-hybridized carbons (Fsp3) is 0.190. The van der Waals surface area contributed by atoms with Gasteiger partial charge in [0.05, 0.1) is 34.9 Å². The van der Waals surface area contributed by atoms with Crippen LogP contribution in [0.1, 0.15) is 22.8 Å². The molecule has 1 fully saturated rings. The molecule has 156 valence electrons. The number of hydrogen-bond acceptors (Lipinski definition) is 7. The summed E-state index contributed by atoms with van der Waals surface area (Å²) < 4.78 is 10.1. The molecule has 0 saturated carbocycles. The summed E-state index contributed by atoms with van der Waals surface area (Å²) in [4.78, 5) is 30.7. The molecule has 1 amide bonds. The predicted octanol–water partition coefficient (Wildman–Crippen LogP) is 4.46. The van der Waals surface area contributed by atoms with E-state index < -0.39 is 5.97 Å². The number of carbonyl (C=O) groups excluding carboxylic acids is 2. The van der Waals surface area contributed by atoms with Gasteiger partial charge in [0.2, 0.25) is 0 Å². The van der Waals surface area contributed by atoms with E-state index in [4.69, 9.17) is 21.1 Å². The van der Waals surface area contributed by atoms with Gasteiger partial charge in [-0.15, -0.1) is 0 Å². The van der Waals surface area contributed by atoms with Crippen LogP contribution in [0.15, 0.2) is 46.3 Å². The summed E-state index contributed by atoms with van der Waals surface area (Å²) in [5.74, 6) is -0.592. The highest BCUT2D eigenvalue weighted by Crippen LogP contribution is 2.38. The van der Waals surface area contributed by atoms with Crippen LogP contribution in [-0.2, 0) is 9.53 Å². The number of methoxy groups -OCH3 is 1. The standard InChI is InChI=1S/C21H19ClN2O5S/c1-4-29-16-9-12(8-15(22)18(16)25)10-17-19(26)24(2)21(30-17)23-14-7-5-6-13(11-14)20(27)28-3/h5-11,25H,4H2,1-3H3. The fourth-order valence-corrected chi connectivity index (χ4v) is 3.88. The molecule has 7 nitrogen and oxygen atoms in total. The minimum absolute atomic E-state index is 0.130. The average molecular weight is 447 g/mol. The zero-order valence-corrected chi connectivity index (χ0v) is 18.1. The van der Waals surface area contributed by atoms with Gasteiger partial charge in [0.1, 0.15) is 0 Å². The average Bonchev–Trinajstić information content (AvgIpc) is 2.99. The van der Waals surface area contributed by atoms with Crippen LogP contribution in [-0.4, -0.2) is 47.8 Å². The van der Waals surface area contributed by atoms with E-state index in [0.29, 0.717) is 33.5 Å². The molecule has 1 heterocycles. The van der Waals surface area contributed by atoms with Gasteiger partial charge in [0.25, 0.3) is 5.91 Å². The third kappa shape index (κ3) is 4.60. The summed E-state index contributed by atoms with van der Waals surface area (Å²) >= 11 is 7.26. The minimum Gasteiger partial charge on any atom is -0.503 e. The number of nitrogens with zero attached hydrogens (tertiary/aromatic N) is 2. The first-order valence-electron chi connectivity index (χ1n) is 8.94. The van der Waals surface area contributed by atoms with Gasteiger partial charge in [0, 0.05) is 7.05 Å². The quantitative estimate of drug-likeness (QED) is 0.538. The highest BCUT2D eigenvalue weighted by Gasteiger charge is 2.30. The summed E-state index contributed by atoms with van der Waals surface area (Å²) in [5.41, 5.74) is 1.50. The lowest BCUT2D eigenvalue weighted by atomic mass is 10.2. The largest absolute Gasteiger partial charge is 0.503 e. The second kappa shape index (κ2) is 9.23. The number of likely N-dealkylation sites (N-methyl/N-ethyl adjacent to an activating group) is 1. The Morgan fingerprint density at radius 3 is 2.80 bits per heavy atom. The van der Waals surface area contributed by atoms with Gasteiger partial charge in [0.15, 0.2) is 16.7 Å². The number of aromatic hydroxyl groups is 1. The summed E-state index contributed by atoms with van der Waals surface area (Å²) in [5, 5.41) is 10.6. The topological polar surface area (TPSA) is 88.4 Å². The molecule has 9 heteroatoms. The zero-order valence-electron chi connectivity index (χ0n) is 16.5. The first-order chi connectivity index (χ1) is 14.3. The molecule has 0 atom stereocenters. The van der Waals surface area contributed by atoms with Crippen molar-refractivity contribution in [2.45, 2.75) is 6.92 Å². The van der Waals surface area contributed by atoms with Crippen LogP contribution in [0.5, 0.6) is 11.5 Å². The Bertz CT molecular complexity index is 1070. The molecule has 1 N–H and O–H groups in total. The molecule has 1 aliphatic heterocycles. The van der Waals surface area contributed by atoms with Gasteiger partial charge in [-0.3, -0.25) is 9.69 Å². The Hall–Kier alpha value is -2.97. The second-order valence-corrected chi connectivity index (χ2v) is 7.61. The number of rotatable bonds is 5. The van der Waals surface area contributed by atoms with Crippen molar-refractivity contribution in [1.82, 2.24) is 4.90 Å². The Balaban J connectivity index is 1.91. The number of amides is 1. The number of aliphatic imine (C=N–C) groups is 1. The monoisotopic (exact) mass is 446 g/mol. The maximum absolute atomic E-state index is 12.7. The molecule has 1 saturated heterocycles. The molecular weight excluding hydrogens is 428 g/mol. The number of thioether (sulfide) groups is 1. The number of phenols is 1. The van der Waals surface area contributed by atoms with Gasteiger partial charge in [-0.05, 0) is 60.7 Å². The second-order valence-electron chi connectivity index (χ2n) is 6.19. The van der Waals surface area contributed by atoms with Crippen molar-refractivity contribution in [1.29, 1.82) is 0 Å². The summed E-state index contributed by atoms with van der Waals surface area (Å²) in [6, 6.07) is 9.80. The van der Waals surface area contributed by atoms with Gasteiger partial charge >= 0.3 is 5.97 Å². The predicted molar refractivity (Wildman–Crippen MR) is 118 cm³/mol. The number of ether oxygens (including phenoxy) is 2. The van der Waals surface area contributed by atoms with Gasteiger partial charge in [-0.1, -0.05) is 17.7 Å². The van der Waals surface area contributed by atoms with Crippen LogP contribution in [0.25, 0.3) is 6.08 Å². The molecule has 30 heavy (non-hydrogen) atoms. The lowest BCUT2D eigenvalue weighted by Crippen LogP contribution is -2.23. The first-order valence-corrected chi connectivity index (χ1v) is 10.1. The van der Waals surface area contributed by atoms with Crippen LogP contribution >= 0.6 is 23.4 Å². The third-order valence-corrected chi connectivity index (χ3v) is 5.49. The van der Waals surface area contributed by atoms with Crippen molar-refractivity contribution in [3.63, 3.8) is 0 Å². The third-order valence-electron chi connectivity index (χ3n) is 4.14. The van der Waals surface area contributed by atoms with E-state index in [9.17, 15) is 14.7 Å². The molecule has 0 aromatic heterocycles. The normalized spacial score (nSPS) is 16.4. The van der Waals surface area contributed by atoms with Crippen LogP contribution in [0.2, 0.25) is 5.02 Å². The fourth-order valence-electron chi connectivity index (χ4n) is 2.68. The summed E-state index contributed by atoms with van der Waals surface area (Å²) in [6.07, 6.45) is 1.66. The lowest BCUT2D eigenvalue weighted by molar-refractivity contribution is -0.121. The van der Waals surface area contributed by atoms with Crippen molar-refractivity contribution in [2.75, 3.05) is 20.8 Å². The molecule has 0 unspecified atom stereocenters. The van der Waals surface area contributed by atoms with E-state index in [0.717, 1.165) is 0 Å². The Labute approximate surface area is 183 Å². The van der Waals surface area contributed by atoms with E-state index >= 15 is 0 Å². The maximum Gasteiger partial charge on any atom is 0.337 e. The van der Waals surface area contributed by atoms with Crippen molar-refractivity contribution >= 4 is 52.2 Å². The first kappa shape index (κ1) is 21.7. The number of hydrogen-bond donors (Lipinski definition) is 1. The molecule has 3 rings (SSSR count). The zero-order chi connectivity index (χ0) is 21.8. The van der Waals surface area contributed by atoms with Crippen LogP contribution in [0, 0.1) is 0 Å². The van der Waals surface area contributed by atoms with E-state index in [-0.39, 0.29) is 22.4 Å². The molecule has 0 bridgehead atoms. The Morgan fingerprint density at radius 2 is 2.10 bits per heavy atom. The molecular formula is C21H19ClN2O5S. The number of amidine groups is 1. The van der Waals surface area contributed by atoms with Crippen LogP contribution in [0.4, 0.5) is 5.69 Å². The highest BCUT2D eigenvalue weighted by molar-refractivity contribution is 8.18. The van der Waals surface area contributed by atoms with Crippen molar-refractivity contribution < 1.29 is 24.2 Å². The Morgan fingerprint density at radius 1 is 1.33 bits per heavy atom. The Kier molecular flexibility index (Phi) is 6.69. The molecule has 2 aromatic carbocycles. The summed E-state index contributed by atoms with van der Waals surface area (Å²) in [7, 11) is 2.93. The van der Waals surface area contributed by atoms with E-state index in [1.54, 1.807) is 56.4 Å². The van der Waals surface area contributed by atoms with Gasteiger partial charge < -0.3 is 14.6 Å². The number of halogens is 1. The number of benzene rings is 2. The smallest absolute Gasteiger partial charge is 0.337 e. The van der Waals surface area contributed by atoms with Crippen molar-refractivity contribution in [3.8, 4) is 11.5 Å². The van der Waals surface area contributed by atoms with Crippen LogP contribution in [0.3, 0.4) is 0 Å². The number of phenolic OH excluding ortho intramolecular Hbond substituents is 1. The van der Waals surface area contributed by atoms with Crippen LogP contribution < -0.4 is 4.74 Å². The van der Waals surface area contributed by atoms with E-state index in [1.807, 2.05) is 0 Å². The molecule has 1 aliphatic rings. The lowest BCUT2D eigenvalue weighted by Gasteiger charge is -2.08. The molecule has 0 spiro atoms. The van der Waals surface area contributed by atoms with Gasteiger partial charge in [-0.2, -0.15) is 0 Å². The number of carbonyl (C=O) groups is 2. The van der Waals surface area contributed by atoms with E-state index in [2.05, 4.69) is 4.99 Å². The molecule has 0 radical (unpaired) electrons. The SMILES string of the molecule is CCOc1cc(C=C2SC(=Nc3cccc(C(=O)OC)c3)N(C)C2=O)cc(Cl)c1O. The number of esters is 1. The summed E-state index contributed by atoms with van der Waals surface area (Å²) in [6.45, 7) is 2.16. The highest BCUT2D eigenvalue weighted by atomic mass is 35.5.